The quantitative estimate of drug-likeness (QED) is 0.576. The zero-order chi connectivity index (χ0) is 10.2. The lowest BCUT2D eigenvalue weighted by Gasteiger charge is -2.03. The average Bonchev–Trinajstić information content (AvgIpc) is 2.25. The summed E-state index contributed by atoms with van der Waals surface area (Å²) in [5, 5.41) is 3.14. The van der Waals surface area contributed by atoms with E-state index in [2.05, 4.69) is 17.4 Å². The first-order valence-corrected chi connectivity index (χ1v) is 5.77. The molecular weight excluding hydrogens is 194 g/mol. The Kier molecular flexibility index (Phi) is 5.49. The largest absolute Gasteiger partial charge is 0.497 e. The van der Waals surface area contributed by atoms with E-state index in [0.29, 0.717) is 0 Å². The summed E-state index contributed by atoms with van der Waals surface area (Å²) in [5.41, 5.74) is 0. The number of ether oxygens (including phenoxy) is 1. The molecule has 0 fully saturated rings. The summed E-state index contributed by atoms with van der Waals surface area (Å²) in [6.07, 6.45) is 1.20. The molecule has 0 aliphatic carbocycles. The van der Waals surface area contributed by atoms with Gasteiger partial charge in [-0.3, -0.25) is 0 Å². The zero-order valence-corrected chi connectivity index (χ0v) is 9.56. The van der Waals surface area contributed by atoms with Gasteiger partial charge in [-0.05, 0) is 50.0 Å². The van der Waals surface area contributed by atoms with Crippen molar-refractivity contribution in [3.05, 3.63) is 24.3 Å². The highest BCUT2D eigenvalue weighted by molar-refractivity contribution is 7.99. The SMILES string of the molecule is CNCCCSc1ccc(OC)cc1. The van der Waals surface area contributed by atoms with Crippen LogP contribution in [0, 0.1) is 0 Å². The van der Waals surface area contributed by atoms with Crippen molar-refractivity contribution in [2.24, 2.45) is 0 Å². The lowest BCUT2D eigenvalue weighted by molar-refractivity contribution is 0.414. The Morgan fingerprint density at radius 2 is 2.00 bits per heavy atom. The second-order valence-electron chi connectivity index (χ2n) is 2.98. The third kappa shape index (κ3) is 4.03. The van der Waals surface area contributed by atoms with E-state index in [0.717, 1.165) is 18.0 Å². The minimum absolute atomic E-state index is 0.921. The van der Waals surface area contributed by atoms with Crippen LogP contribution >= 0.6 is 11.8 Å². The van der Waals surface area contributed by atoms with Crippen molar-refractivity contribution in [1.82, 2.24) is 5.32 Å². The molecule has 78 valence electrons. The second kappa shape index (κ2) is 6.74. The predicted molar refractivity (Wildman–Crippen MR) is 62.3 cm³/mol. The van der Waals surface area contributed by atoms with Gasteiger partial charge < -0.3 is 10.1 Å². The summed E-state index contributed by atoms with van der Waals surface area (Å²) in [6, 6.07) is 8.20. The van der Waals surface area contributed by atoms with Gasteiger partial charge in [0, 0.05) is 4.90 Å². The van der Waals surface area contributed by atoms with Crippen molar-refractivity contribution in [2.75, 3.05) is 26.5 Å². The van der Waals surface area contributed by atoms with Crippen molar-refractivity contribution in [2.45, 2.75) is 11.3 Å². The molecule has 0 heterocycles. The molecule has 0 bridgehead atoms. The molecule has 0 aliphatic rings. The van der Waals surface area contributed by atoms with Crippen molar-refractivity contribution in [3.8, 4) is 5.75 Å². The van der Waals surface area contributed by atoms with Crippen LogP contribution in [0.4, 0.5) is 0 Å². The molecule has 0 amide bonds. The third-order valence-electron chi connectivity index (χ3n) is 1.90. The molecule has 2 nitrogen and oxygen atoms in total. The fraction of sp³-hybridized carbons (Fsp3) is 0.455. The van der Waals surface area contributed by atoms with Crippen LogP contribution in [-0.4, -0.2) is 26.5 Å². The minimum atomic E-state index is 0.921. The van der Waals surface area contributed by atoms with Crippen LogP contribution < -0.4 is 10.1 Å². The van der Waals surface area contributed by atoms with Gasteiger partial charge in [0.05, 0.1) is 7.11 Å². The van der Waals surface area contributed by atoms with Gasteiger partial charge in [0.2, 0.25) is 0 Å². The molecule has 1 aromatic rings. The first-order valence-electron chi connectivity index (χ1n) is 4.78. The maximum Gasteiger partial charge on any atom is 0.118 e. The zero-order valence-electron chi connectivity index (χ0n) is 8.75. The molecule has 14 heavy (non-hydrogen) atoms. The summed E-state index contributed by atoms with van der Waals surface area (Å²) in [4.78, 5) is 1.31. The van der Waals surface area contributed by atoms with Crippen molar-refractivity contribution < 1.29 is 4.74 Å². The summed E-state index contributed by atoms with van der Waals surface area (Å²) < 4.78 is 5.09. The van der Waals surface area contributed by atoms with Crippen molar-refractivity contribution in [1.29, 1.82) is 0 Å². The van der Waals surface area contributed by atoms with Gasteiger partial charge in [0.25, 0.3) is 0 Å². The van der Waals surface area contributed by atoms with E-state index in [4.69, 9.17) is 4.74 Å². The average molecular weight is 211 g/mol. The van der Waals surface area contributed by atoms with Gasteiger partial charge in [0.1, 0.15) is 5.75 Å². The molecule has 0 radical (unpaired) electrons. The van der Waals surface area contributed by atoms with Crippen molar-refractivity contribution in [3.63, 3.8) is 0 Å². The summed E-state index contributed by atoms with van der Waals surface area (Å²) in [7, 11) is 3.67. The first kappa shape index (κ1) is 11.4. The Morgan fingerprint density at radius 3 is 2.57 bits per heavy atom. The van der Waals surface area contributed by atoms with Gasteiger partial charge in [-0.15, -0.1) is 11.8 Å². The van der Waals surface area contributed by atoms with Gasteiger partial charge in [-0.2, -0.15) is 0 Å². The van der Waals surface area contributed by atoms with Gasteiger partial charge in [-0.1, -0.05) is 0 Å². The normalized spacial score (nSPS) is 10.1. The number of hydrogen-bond acceptors (Lipinski definition) is 3. The Morgan fingerprint density at radius 1 is 1.29 bits per heavy atom. The summed E-state index contributed by atoms with van der Waals surface area (Å²) >= 11 is 1.88. The number of methoxy groups -OCH3 is 1. The molecule has 0 unspecified atom stereocenters. The van der Waals surface area contributed by atoms with E-state index in [1.54, 1.807) is 7.11 Å². The maximum atomic E-state index is 5.09. The fourth-order valence-electron chi connectivity index (χ4n) is 1.11. The Labute approximate surface area is 90.0 Å². The molecule has 0 saturated carbocycles. The van der Waals surface area contributed by atoms with Crippen LogP contribution in [0.5, 0.6) is 5.75 Å². The molecule has 3 heteroatoms. The molecule has 1 rings (SSSR count). The molecule has 0 atom stereocenters. The molecule has 0 aliphatic heterocycles. The molecule has 1 aromatic carbocycles. The molecule has 1 N–H and O–H groups in total. The molecule has 0 saturated heterocycles. The fourth-order valence-corrected chi connectivity index (χ4v) is 1.96. The van der Waals surface area contributed by atoms with Crippen molar-refractivity contribution >= 4 is 11.8 Å². The van der Waals surface area contributed by atoms with Crippen LogP contribution in [-0.2, 0) is 0 Å². The lowest BCUT2D eigenvalue weighted by atomic mass is 10.3. The number of benzene rings is 1. The molecule has 0 spiro atoms. The highest BCUT2D eigenvalue weighted by atomic mass is 32.2. The Balaban J connectivity index is 2.29. The first-order chi connectivity index (χ1) is 6.86. The van der Waals surface area contributed by atoms with E-state index < -0.39 is 0 Å². The molecule has 0 aromatic heterocycles. The monoisotopic (exact) mass is 211 g/mol. The number of hydrogen-bond donors (Lipinski definition) is 1. The predicted octanol–water partition coefficient (Wildman–Crippen LogP) is 2.40. The maximum absolute atomic E-state index is 5.09. The van der Waals surface area contributed by atoms with Crippen LogP contribution in [0.15, 0.2) is 29.2 Å². The van der Waals surface area contributed by atoms with Gasteiger partial charge in [0.15, 0.2) is 0 Å². The van der Waals surface area contributed by atoms with Gasteiger partial charge in [-0.25, -0.2) is 0 Å². The topological polar surface area (TPSA) is 21.3 Å². The van der Waals surface area contributed by atoms with Crippen LogP contribution in [0.1, 0.15) is 6.42 Å². The van der Waals surface area contributed by atoms with Crippen LogP contribution in [0.3, 0.4) is 0 Å². The summed E-state index contributed by atoms with van der Waals surface area (Å²) in [6.45, 7) is 1.09. The minimum Gasteiger partial charge on any atom is -0.497 e. The summed E-state index contributed by atoms with van der Waals surface area (Å²) in [5.74, 6) is 2.08. The molecular formula is C11H17NOS. The van der Waals surface area contributed by atoms with Gasteiger partial charge >= 0.3 is 0 Å². The highest BCUT2D eigenvalue weighted by Gasteiger charge is 1.94. The smallest absolute Gasteiger partial charge is 0.118 e. The van der Waals surface area contributed by atoms with E-state index in [1.807, 2.05) is 30.9 Å². The van der Waals surface area contributed by atoms with E-state index in [9.17, 15) is 0 Å². The Hall–Kier alpha value is -0.670. The van der Waals surface area contributed by atoms with Crippen LogP contribution in [0.25, 0.3) is 0 Å². The number of thioether (sulfide) groups is 1. The standard InChI is InChI=1S/C11H17NOS/c1-12-8-3-9-14-11-6-4-10(13-2)5-7-11/h4-7,12H,3,8-9H2,1-2H3. The van der Waals surface area contributed by atoms with Crippen LogP contribution in [0.2, 0.25) is 0 Å². The van der Waals surface area contributed by atoms with E-state index in [-0.39, 0.29) is 0 Å². The highest BCUT2D eigenvalue weighted by Crippen LogP contribution is 2.21. The second-order valence-corrected chi connectivity index (χ2v) is 4.15. The third-order valence-corrected chi connectivity index (χ3v) is 3.00. The van der Waals surface area contributed by atoms with E-state index in [1.165, 1.54) is 11.3 Å². The lowest BCUT2D eigenvalue weighted by Crippen LogP contribution is -2.07. The Bertz CT molecular complexity index is 248. The van der Waals surface area contributed by atoms with E-state index >= 15 is 0 Å². The number of nitrogens with one attached hydrogen (secondary N) is 1. The number of rotatable bonds is 6.